The second-order valence-corrected chi connectivity index (χ2v) is 5.28. The van der Waals surface area contributed by atoms with Crippen LogP contribution >= 0.6 is 0 Å². The van der Waals surface area contributed by atoms with Gasteiger partial charge in [0.15, 0.2) is 0 Å². The maximum Gasteiger partial charge on any atom is 0.339 e. The van der Waals surface area contributed by atoms with Gasteiger partial charge in [0, 0.05) is 18.2 Å². The number of esters is 1. The molecule has 0 amide bonds. The normalized spacial score (nSPS) is 13.5. The highest BCUT2D eigenvalue weighted by atomic mass is 16.5. The van der Waals surface area contributed by atoms with Crippen LogP contribution in [0.4, 0.5) is 5.95 Å². The van der Waals surface area contributed by atoms with Crippen molar-refractivity contribution in [2.45, 2.75) is 25.3 Å². The third-order valence-corrected chi connectivity index (χ3v) is 3.62. The molecule has 2 aromatic heterocycles. The Bertz CT molecular complexity index is 716. The Morgan fingerprint density at radius 2 is 2.09 bits per heavy atom. The second-order valence-electron chi connectivity index (χ2n) is 5.28. The van der Waals surface area contributed by atoms with Crippen molar-refractivity contribution in [1.29, 1.82) is 0 Å². The quantitative estimate of drug-likeness (QED) is 0.817. The molecule has 7 nitrogen and oxygen atoms in total. The highest BCUT2D eigenvalue weighted by Crippen LogP contribution is 2.40. The van der Waals surface area contributed by atoms with Crippen LogP contribution in [0.2, 0.25) is 0 Å². The molecule has 0 atom stereocenters. The molecule has 1 N–H and O–H groups in total. The molecule has 0 spiro atoms. The number of methoxy groups -OCH3 is 2. The Morgan fingerprint density at radius 3 is 2.78 bits per heavy atom. The molecule has 0 radical (unpaired) electrons. The van der Waals surface area contributed by atoms with Gasteiger partial charge in [0.2, 0.25) is 11.8 Å². The fourth-order valence-electron chi connectivity index (χ4n) is 2.28. The fourth-order valence-corrected chi connectivity index (χ4v) is 2.28. The summed E-state index contributed by atoms with van der Waals surface area (Å²) >= 11 is 0. The smallest absolute Gasteiger partial charge is 0.339 e. The summed E-state index contributed by atoms with van der Waals surface area (Å²) in [7, 11) is 2.94. The van der Waals surface area contributed by atoms with Crippen molar-refractivity contribution in [2.75, 3.05) is 19.5 Å². The summed E-state index contributed by atoms with van der Waals surface area (Å²) in [5.41, 5.74) is 2.20. The molecule has 3 rings (SSSR count). The van der Waals surface area contributed by atoms with Crippen molar-refractivity contribution in [3.8, 4) is 5.88 Å². The average molecular weight is 314 g/mol. The molecule has 2 aromatic rings. The van der Waals surface area contributed by atoms with Gasteiger partial charge < -0.3 is 14.8 Å². The molecule has 23 heavy (non-hydrogen) atoms. The van der Waals surface area contributed by atoms with E-state index in [2.05, 4.69) is 20.3 Å². The van der Waals surface area contributed by atoms with Crippen molar-refractivity contribution in [3.05, 3.63) is 41.3 Å². The van der Waals surface area contributed by atoms with E-state index in [0.29, 0.717) is 29.9 Å². The van der Waals surface area contributed by atoms with Crippen molar-refractivity contribution in [2.24, 2.45) is 0 Å². The molecule has 0 aliphatic heterocycles. The maximum atomic E-state index is 11.8. The van der Waals surface area contributed by atoms with Gasteiger partial charge in [-0.3, -0.25) is 4.98 Å². The van der Waals surface area contributed by atoms with Crippen LogP contribution in [0.15, 0.2) is 24.4 Å². The number of anilines is 1. The van der Waals surface area contributed by atoms with Crippen LogP contribution in [-0.4, -0.2) is 35.1 Å². The minimum absolute atomic E-state index is 0.338. The number of nitrogens with zero attached hydrogens (tertiary/aromatic N) is 3. The number of carbonyl (C=O) groups is 1. The molecule has 0 aromatic carbocycles. The summed E-state index contributed by atoms with van der Waals surface area (Å²) in [6.45, 7) is 0.467. The van der Waals surface area contributed by atoms with Crippen LogP contribution in [0, 0.1) is 0 Å². The summed E-state index contributed by atoms with van der Waals surface area (Å²) in [6.07, 6.45) is 3.75. The van der Waals surface area contributed by atoms with E-state index in [0.717, 1.165) is 24.2 Å². The van der Waals surface area contributed by atoms with Crippen LogP contribution in [0.5, 0.6) is 5.88 Å². The van der Waals surface area contributed by atoms with E-state index >= 15 is 0 Å². The Balaban J connectivity index is 1.75. The lowest BCUT2D eigenvalue weighted by molar-refractivity contribution is 0.0598. The summed E-state index contributed by atoms with van der Waals surface area (Å²) in [5.74, 6) is 0.985. The summed E-state index contributed by atoms with van der Waals surface area (Å²) in [4.78, 5) is 24.7. The molecule has 120 valence electrons. The van der Waals surface area contributed by atoms with Gasteiger partial charge in [0.05, 0.1) is 37.7 Å². The third-order valence-electron chi connectivity index (χ3n) is 3.62. The zero-order chi connectivity index (χ0) is 16.2. The van der Waals surface area contributed by atoms with Gasteiger partial charge in [-0.05, 0) is 25.0 Å². The minimum Gasteiger partial charge on any atom is -0.481 e. The Hall–Kier alpha value is -2.70. The summed E-state index contributed by atoms with van der Waals surface area (Å²) in [6, 6.07) is 5.26. The molecule has 0 saturated heterocycles. The molecule has 7 heteroatoms. The highest BCUT2D eigenvalue weighted by Gasteiger charge is 2.30. The number of rotatable bonds is 6. The highest BCUT2D eigenvalue weighted by molar-refractivity contribution is 5.90. The van der Waals surface area contributed by atoms with Gasteiger partial charge in [-0.25, -0.2) is 9.78 Å². The van der Waals surface area contributed by atoms with Crippen LogP contribution in [-0.2, 0) is 11.3 Å². The average Bonchev–Trinajstić information content (AvgIpc) is 3.44. The summed E-state index contributed by atoms with van der Waals surface area (Å²) in [5, 5.41) is 3.10. The number of pyridine rings is 1. The SMILES string of the molecule is COC(=O)c1ccc(CNc2nccc(OC)n2)nc1C1CC1. The van der Waals surface area contributed by atoms with Crippen molar-refractivity contribution in [3.63, 3.8) is 0 Å². The number of hydrogen-bond acceptors (Lipinski definition) is 7. The van der Waals surface area contributed by atoms with Crippen LogP contribution in [0.25, 0.3) is 0 Å². The van der Waals surface area contributed by atoms with E-state index in [4.69, 9.17) is 9.47 Å². The predicted molar refractivity (Wildman–Crippen MR) is 83.5 cm³/mol. The lowest BCUT2D eigenvalue weighted by Crippen LogP contribution is -2.11. The lowest BCUT2D eigenvalue weighted by atomic mass is 10.1. The largest absolute Gasteiger partial charge is 0.481 e. The van der Waals surface area contributed by atoms with Crippen LogP contribution in [0.1, 0.15) is 40.5 Å². The van der Waals surface area contributed by atoms with E-state index in [9.17, 15) is 4.79 Å². The Morgan fingerprint density at radius 1 is 1.26 bits per heavy atom. The van der Waals surface area contributed by atoms with Crippen molar-refractivity contribution < 1.29 is 14.3 Å². The van der Waals surface area contributed by atoms with E-state index in [1.807, 2.05) is 6.07 Å². The van der Waals surface area contributed by atoms with Crippen molar-refractivity contribution >= 4 is 11.9 Å². The number of aromatic nitrogens is 3. The van der Waals surface area contributed by atoms with Crippen LogP contribution in [0.3, 0.4) is 0 Å². The van der Waals surface area contributed by atoms with Gasteiger partial charge in [-0.2, -0.15) is 4.98 Å². The van der Waals surface area contributed by atoms with Gasteiger partial charge >= 0.3 is 5.97 Å². The maximum absolute atomic E-state index is 11.8. The fraction of sp³-hybridized carbons (Fsp3) is 0.375. The Kier molecular flexibility index (Phi) is 4.36. The Labute approximate surface area is 134 Å². The monoisotopic (exact) mass is 314 g/mol. The van der Waals surface area contributed by atoms with Gasteiger partial charge in [-0.1, -0.05) is 0 Å². The molecule has 1 aliphatic rings. The standard InChI is InChI=1S/C16H18N4O3/c1-22-13-7-8-17-16(20-13)18-9-11-5-6-12(15(21)23-2)14(19-11)10-3-4-10/h5-8,10H,3-4,9H2,1-2H3,(H,17,18,20). The summed E-state index contributed by atoms with van der Waals surface area (Å²) < 4.78 is 9.88. The van der Waals surface area contributed by atoms with Crippen LogP contribution < -0.4 is 10.1 Å². The number of ether oxygens (including phenoxy) is 2. The first-order valence-electron chi connectivity index (χ1n) is 7.40. The van der Waals surface area contributed by atoms with Gasteiger partial charge in [0.25, 0.3) is 0 Å². The first kappa shape index (κ1) is 15.2. The zero-order valence-electron chi connectivity index (χ0n) is 13.1. The first-order chi connectivity index (χ1) is 11.2. The number of nitrogens with one attached hydrogen (secondary N) is 1. The topological polar surface area (TPSA) is 86.2 Å². The van der Waals surface area contributed by atoms with Gasteiger partial charge in [0.1, 0.15) is 0 Å². The molecule has 0 bridgehead atoms. The molecule has 1 aliphatic carbocycles. The first-order valence-corrected chi connectivity index (χ1v) is 7.40. The molecular weight excluding hydrogens is 296 g/mol. The number of carbonyl (C=O) groups excluding carboxylic acids is 1. The van der Waals surface area contributed by atoms with Gasteiger partial charge in [-0.15, -0.1) is 0 Å². The molecule has 2 heterocycles. The second kappa shape index (κ2) is 6.60. The van der Waals surface area contributed by atoms with E-state index in [1.165, 1.54) is 7.11 Å². The van der Waals surface area contributed by atoms with Crippen molar-refractivity contribution in [1.82, 2.24) is 15.0 Å². The third kappa shape index (κ3) is 3.56. The minimum atomic E-state index is -0.338. The molecular formula is C16H18N4O3. The predicted octanol–water partition coefficient (Wildman–Crippen LogP) is 2.16. The van der Waals surface area contributed by atoms with E-state index in [-0.39, 0.29) is 5.97 Å². The van der Waals surface area contributed by atoms with E-state index in [1.54, 1.807) is 25.4 Å². The van der Waals surface area contributed by atoms with E-state index < -0.39 is 0 Å². The zero-order valence-corrected chi connectivity index (χ0v) is 13.1. The number of hydrogen-bond donors (Lipinski definition) is 1. The molecule has 1 fully saturated rings. The lowest BCUT2D eigenvalue weighted by Gasteiger charge is -2.10. The molecule has 1 saturated carbocycles. The molecule has 0 unspecified atom stereocenters.